The van der Waals surface area contributed by atoms with Crippen LogP contribution in [0, 0.1) is 0 Å². The molecule has 1 saturated heterocycles. The quantitative estimate of drug-likeness (QED) is 0.593. The molecule has 0 saturated carbocycles. The second kappa shape index (κ2) is 9.60. The lowest BCUT2D eigenvalue weighted by atomic mass is 10.0. The molecule has 1 aliphatic heterocycles. The van der Waals surface area contributed by atoms with Gasteiger partial charge in [-0.15, -0.1) is 0 Å². The van der Waals surface area contributed by atoms with E-state index in [9.17, 15) is 0 Å². The fraction of sp³-hybridized carbons (Fsp3) is 0.348. The van der Waals surface area contributed by atoms with E-state index in [2.05, 4.69) is 4.90 Å². The smallest absolute Gasteiger partial charge is 0.224 e. The first-order valence-corrected chi connectivity index (χ1v) is 10.5. The Hall–Kier alpha value is -2.74. The Bertz CT molecular complexity index is 1070. The first kappa shape index (κ1) is 21.5. The van der Waals surface area contributed by atoms with Crippen molar-refractivity contribution in [1.82, 2.24) is 9.88 Å². The SMILES string of the molecule is COc1ccc(-c2c(OCCN3CCOCC3)nc3cc(Cl)ccc3c2N)cc1OC. The summed E-state index contributed by atoms with van der Waals surface area (Å²) in [6.45, 7) is 4.55. The van der Waals surface area contributed by atoms with Gasteiger partial charge in [-0.25, -0.2) is 4.98 Å². The zero-order valence-electron chi connectivity index (χ0n) is 17.7. The van der Waals surface area contributed by atoms with Gasteiger partial charge in [0.25, 0.3) is 0 Å². The second-order valence-electron chi connectivity index (χ2n) is 7.24. The number of nitrogens with two attached hydrogens (primary N) is 1. The van der Waals surface area contributed by atoms with Crippen molar-refractivity contribution >= 4 is 28.2 Å². The molecule has 8 heteroatoms. The van der Waals surface area contributed by atoms with Crippen LogP contribution in [0.5, 0.6) is 17.4 Å². The van der Waals surface area contributed by atoms with Crippen molar-refractivity contribution in [3.05, 3.63) is 41.4 Å². The maximum Gasteiger partial charge on any atom is 0.224 e. The molecule has 1 aliphatic rings. The van der Waals surface area contributed by atoms with Gasteiger partial charge >= 0.3 is 0 Å². The van der Waals surface area contributed by atoms with Gasteiger partial charge in [0, 0.05) is 30.0 Å². The maximum absolute atomic E-state index is 6.62. The summed E-state index contributed by atoms with van der Waals surface area (Å²) in [5.74, 6) is 1.71. The normalized spacial score (nSPS) is 14.5. The number of hydrogen-bond donors (Lipinski definition) is 1. The van der Waals surface area contributed by atoms with Gasteiger partial charge in [-0.2, -0.15) is 0 Å². The zero-order chi connectivity index (χ0) is 21.8. The van der Waals surface area contributed by atoms with E-state index in [-0.39, 0.29) is 0 Å². The predicted molar refractivity (Wildman–Crippen MR) is 122 cm³/mol. The first-order valence-electron chi connectivity index (χ1n) is 10.1. The molecule has 1 aromatic heterocycles. The minimum atomic E-state index is 0.466. The van der Waals surface area contributed by atoms with E-state index in [4.69, 9.17) is 41.3 Å². The number of benzene rings is 2. The number of rotatable bonds is 7. The topological polar surface area (TPSA) is 79.1 Å². The summed E-state index contributed by atoms with van der Waals surface area (Å²) in [5.41, 5.74) is 9.44. The van der Waals surface area contributed by atoms with Crippen molar-refractivity contribution < 1.29 is 18.9 Å². The highest BCUT2D eigenvalue weighted by molar-refractivity contribution is 6.31. The summed E-state index contributed by atoms with van der Waals surface area (Å²) >= 11 is 6.19. The standard InChI is InChI=1S/C23H26ClN3O4/c1-28-19-6-3-15(13-20(19)29-2)21-22(25)17-5-4-16(24)14-18(17)26-23(21)31-12-9-27-7-10-30-11-8-27/h3-6,13-14H,7-12H2,1-2H3,(H2,25,26). The van der Waals surface area contributed by atoms with E-state index in [1.54, 1.807) is 26.4 Å². The minimum absolute atomic E-state index is 0.466. The Morgan fingerprint density at radius 3 is 2.58 bits per heavy atom. The Morgan fingerprint density at radius 1 is 1.06 bits per heavy atom. The molecule has 0 bridgehead atoms. The number of fused-ring (bicyclic) bond motifs is 1. The number of nitrogen functional groups attached to an aromatic ring is 1. The summed E-state index contributed by atoms with van der Waals surface area (Å²) < 4.78 is 22.4. The Morgan fingerprint density at radius 2 is 1.84 bits per heavy atom. The third-order valence-corrected chi connectivity index (χ3v) is 5.61. The molecule has 0 aliphatic carbocycles. The van der Waals surface area contributed by atoms with E-state index >= 15 is 0 Å². The number of hydrogen-bond acceptors (Lipinski definition) is 7. The fourth-order valence-electron chi connectivity index (χ4n) is 3.71. The van der Waals surface area contributed by atoms with E-state index in [1.807, 2.05) is 24.3 Å². The molecule has 31 heavy (non-hydrogen) atoms. The molecule has 4 rings (SSSR count). The molecule has 164 valence electrons. The number of methoxy groups -OCH3 is 2. The molecule has 1 fully saturated rings. The van der Waals surface area contributed by atoms with Gasteiger partial charge in [-0.3, -0.25) is 4.90 Å². The zero-order valence-corrected chi connectivity index (χ0v) is 18.4. The number of nitrogens with zero attached hydrogens (tertiary/aromatic N) is 2. The number of pyridine rings is 1. The molecular formula is C23H26ClN3O4. The average Bonchev–Trinajstić information content (AvgIpc) is 2.79. The highest BCUT2D eigenvalue weighted by Crippen LogP contribution is 2.42. The van der Waals surface area contributed by atoms with Gasteiger partial charge in [0.2, 0.25) is 5.88 Å². The summed E-state index contributed by atoms with van der Waals surface area (Å²) in [6, 6.07) is 11.1. The maximum atomic E-state index is 6.62. The van der Waals surface area contributed by atoms with Gasteiger partial charge in [-0.1, -0.05) is 17.7 Å². The molecule has 0 radical (unpaired) electrons. The van der Waals surface area contributed by atoms with E-state index < -0.39 is 0 Å². The molecule has 0 amide bonds. The fourth-order valence-corrected chi connectivity index (χ4v) is 3.88. The number of ether oxygens (including phenoxy) is 4. The molecule has 2 aromatic carbocycles. The van der Waals surface area contributed by atoms with Crippen molar-refractivity contribution in [2.75, 3.05) is 59.4 Å². The lowest BCUT2D eigenvalue weighted by Crippen LogP contribution is -2.38. The number of anilines is 1. The van der Waals surface area contributed by atoms with Crippen LogP contribution in [-0.2, 0) is 4.74 Å². The Balaban J connectivity index is 1.73. The number of aromatic nitrogens is 1. The second-order valence-corrected chi connectivity index (χ2v) is 7.68. The Kier molecular flexibility index (Phi) is 6.65. The molecule has 0 spiro atoms. The summed E-state index contributed by atoms with van der Waals surface area (Å²) in [6.07, 6.45) is 0. The van der Waals surface area contributed by atoms with Crippen LogP contribution >= 0.6 is 11.6 Å². The van der Waals surface area contributed by atoms with Gasteiger partial charge < -0.3 is 24.7 Å². The lowest BCUT2D eigenvalue weighted by molar-refractivity contribution is 0.0320. The van der Waals surface area contributed by atoms with Crippen LogP contribution < -0.4 is 19.9 Å². The first-order chi connectivity index (χ1) is 15.1. The van der Waals surface area contributed by atoms with Crippen molar-refractivity contribution in [2.45, 2.75) is 0 Å². The van der Waals surface area contributed by atoms with Crippen LogP contribution in [0.1, 0.15) is 0 Å². The highest BCUT2D eigenvalue weighted by atomic mass is 35.5. The Labute approximate surface area is 186 Å². The summed E-state index contributed by atoms with van der Waals surface area (Å²) in [4.78, 5) is 7.06. The van der Waals surface area contributed by atoms with E-state index in [0.717, 1.165) is 49.4 Å². The summed E-state index contributed by atoms with van der Waals surface area (Å²) in [5, 5.41) is 1.41. The molecule has 3 aromatic rings. The number of halogens is 1. The lowest BCUT2D eigenvalue weighted by Gasteiger charge is -2.26. The monoisotopic (exact) mass is 443 g/mol. The van der Waals surface area contributed by atoms with Gasteiger partial charge in [0.05, 0.1) is 44.2 Å². The molecule has 2 N–H and O–H groups in total. The average molecular weight is 444 g/mol. The van der Waals surface area contributed by atoms with Crippen LogP contribution in [0.2, 0.25) is 5.02 Å². The third kappa shape index (κ3) is 4.63. The molecule has 7 nitrogen and oxygen atoms in total. The molecule has 0 atom stereocenters. The van der Waals surface area contributed by atoms with Crippen LogP contribution in [0.15, 0.2) is 36.4 Å². The predicted octanol–water partition coefficient (Wildman–Crippen LogP) is 3.87. The van der Waals surface area contributed by atoms with Crippen LogP contribution in [0.3, 0.4) is 0 Å². The highest BCUT2D eigenvalue weighted by Gasteiger charge is 2.19. The minimum Gasteiger partial charge on any atom is -0.493 e. The van der Waals surface area contributed by atoms with Gasteiger partial charge in [0.15, 0.2) is 11.5 Å². The van der Waals surface area contributed by atoms with E-state index in [1.165, 1.54) is 0 Å². The summed E-state index contributed by atoms with van der Waals surface area (Å²) in [7, 11) is 3.21. The van der Waals surface area contributed by atoms with Crippen LogP contribution in [-0.4, -0.2) is 63.6 Å². The van der Waals surface area contributed by atoms with Crippen molar-refractivity contribution in [2.24, 2.45) is 0 Å². The van der Waals surface area contributed by atoms with Gasteiger partial charge in [0.1, 0.15) is 6.61 Å². The molecule has 2 heterocycles. The van der Waals surface area contributed by atoms with Crippen molar-refractivity contribution in [3.8, 4) is 28.5 Å². The largest absolute Gasteiger partial charge is 0.493 e. The molecular weight excluding hydrogens is 418 g/mol. The van der Waals surface area contributed by atoms with Crippen LogP contribution in [0.25, 0.3) is 22.0 Å². The number of morpholine rings is 1. The molecule has 0 unspecified atom stereocenters. The van der Waals surface area contributed by atoms with E-state index in [0.29, 0.717) is 40.2 Å². The third-order valence-electron chi connectivity index (χ3n) is 5.38. The van der Waals surface area contributed by atoms with Crippen LogP contribution in [0.4, 0.5) is 5.69 Å². The van der Waals surface area contributed by atoms with Gasteiger partial charge in [-0.05, 0) is 35.9 Å². The van der Waals surface area contributed by atoms with Crippen molar-refractivity contribution in [3.63, 3.8) is 0 Å². The van der Waals surface area contributed by atoms with Crippen molar-refractivity contribution in [1.29, 1.82) is 0 Å².